The number of alkyl carbamates (subject to hydrolysis) is 1. The molecule has 0 bridgehead atoms. The lowest BCUT2D eigenvalue weighted by Crippen LogP contribution is -2.39. The highest BCUT2D eigenvalue weighted by atomic mass is 16.5. The maximum absolute atomic E-state index is 11.8. The van der Waals surface area contributed by atoms with Crippen molar-refractivity contribution in [2.45, 2.75) is 43.7 Å². The molecule has 1 saturated heterocycles. The van der Waals surface area contributed by atoms with Crippen molar-refractivity contribution >= 4 is 6.09 Å². The average molecular weight is 415 g/mol. The highest BCUT2D eigenvalue weighted by Crippen LogP contribution is 2.31. The van der Waals surface area contributed by atoms with E-state index in [1.54, 1.807) is 24.3 Å². The standard InChI is InChI=1S/C23H30N2O5/c26-20(10-13-25-22(28)30-16-17-4-2-1-3-5-17)21(27)18-6-8-19(9-7-18)23(29)11-14-24-15-12-23/h1-9,20-21,24,26-27,29H,10-16H2,(H,25,28). The smallest absolute Gasteiger partial charge is 0.407 e. The monoisotopic (exact) mass is 414 g/mol. The number of aliphatic hydroxyl groups excluding tert-OH is 2. The maximum atomic E-state index is 11.8. The van der Waals surface area contributed by atoms with E-state index in [0.29, 0.717) is 18.4 Å². The third kappa shape index (κ3) is 6.03. The van der Waals surface area contributed by atoms with E-state index in [9.17, 15) is 20.1 Å². The van der Waals surface area contributed by atoms with Gasteiger partial charge in [0.25, 0.3) is 0 Å². The largest absolute Gasteiger partial charge is 0.445 e. The molecule has 2 unspecified atom stereocenters. The molecule has 5 N–H and O–H groups in total. The van der Waals surface area contributed by atoms with E-state index in [4.69, 9.17) is 4.74 Å². The lowest BCUT2D eigenvalue weighted by molar-refractivity contribution is 0.00523. The summed E-state index contributed by atoms with van der Waals surface area (Å²) in [5.41, 5.74) is 1.42. The zero-order valence-electron chi connectivity index (χ0n) is 17.0. The van der Waals surface area contributed by atoms with E-state index >= 15 is 0 Å². The van der Waals surface area contributed by atoms with Crippen molar-refractivity contribution in [3.63, 3.8) is 0 Å². The first-order chi connectivity index (χ1) is 14.5. The van der Waals surface area contributed by atoms with Crippen LogP contribution in [0.15, 0.2) is 54.6 Å². The van der Waals surface area contributed by atoms with Gasteiger partial charge >= 0.3 is 6.09 Å². The zero-order valence-corrected chi connectivity index (χ0v) is 17.0. The van der Waals surface area contributed by atoms with Crippen LogP contribution >= 0.6 is 0 Å². The van der Waals surface area contributed by atoms with Crippen LogP contribution in [0.2, 0.25) is 0 Å². The zero-order chi connectivity index (χ0) is 21.4. The second-order valence-electron chi connectivity index (χ2n) is 7.69. The first-order valence-electron chi connectivity index (χ1n) is 10.3. The predicted molar refractivity (Wildman–Crippen MR) is 113 cm³/mol. The summed E-state index contributed by atoms with van der Waals surface area (Å²) in [5, 5.41) is 37.2. The van der Waals surface area contributed by atoms with Gasteiger partial charge in [0.2, 0.25) is 0 Å². The number of rotatable bonds is 8. The van der Waals surface area contributed by atoms with Crippen LogP contribution in [0.3, 0.4) is 0 Å². The third-order valence-corrected chi connectivity index (χ3v) is 5.51. The molecular weight excluding hydrogens is 384 g/mol. The van der Waals surface area contributed by atoms with E-state index in [2.05, 4.69) is 10.6 Å². The number of piperidine rings is 1. The fourth-order valence-electron chi connectivity index (χ4n) is 3.60. The molecule has 1 amide bonds. The van der Waals surface area contributed by atoms with Crippen LogP contribution in [-0.4, -0.2) is 47.2 Å². The summed E-state index contributed by atoms with van der Waals surface area (Å²) < 4.78 is 5.11. The lowest BCUT2D eigenvalue weighted by atomic mass is 9.84. The summed E-state index contributed by atoms with van der Waals surface area (Å²) in [7, 11) is 0. The Morgan fingerprint density at radius 3 is 2.40 bits per heavy atom. The minimum absolute atomic E-state index is 0.173. The molecule has 2 aromatic carbocycles. The summed E-state index contributed by atoms with van der Waals surface area (Å²) in [6, 6.07) is 16.4. The number of carbonyl (C=O) groups excluding carboxylic acids is 1. The van der Waals surface area contributed by atoms with Crippen LogP contribution in [0.1, 0.15) is 42.1 Å². The molecule has 1 aliphatic rings. The number of hydrogen-bond acceptors (Lipinski definition) is 6. The van der Waals surface area contributed by atoms with E-state index < -0.39 is 23.9 Å². The Labute approximate surface area is 176 Å². The van der Waals surface area contributed by atoms with Crippen LogP contribution in [-0.2, 0) is 16.9 Å². The van der Waals surface area contributed by atoms with Gasteiger partial charge in [0, 0.05) is 6.54 Å². The highest BCUT2D eigenvalue weighted by Gasteiger charge is 2.31. The first kappa shape index (κ1) is 22.2. The molecule has 7 nitrogen and oxygen atoms in total. The third-order valence-electron chi connectivity index (χ3n) is 5.51. The second-order valence-corrected chi connectivity index (χ2v) is 7.69. The van der Waals surface area contributed by atoms with Gasteiger partial charge in [-0.3, -0.25) is 0 Å². The molecule has 1 heterocycles. The Morgan fingerprint density at radius 2 is 1.73 bits per heavy atom. The summed E-state index contributed by atoms with van der Waals surface area (Å²) in [6.07, 6.45) is -1.22. The molecule has 2 aromatic rings. The van der Waals surface area contributed by atoms with Gasteiger partial charge in [0.1, 0.15) is 12.7 Å². The van der Waals surface area contributed by atoms with Crippen molar-refractivity contribution in [1.29, 1.82) is 0 Å². The van der Waals surface area contributed by atoms with Gasteiger partial charge in [-0.05, 0) is 49.0 Å². The highest BCUT2D eigenvalue weighted by molar-refractivity contribution is 5.67. The van der Waals surface area contributed by atoms with E-state index in [1.165, 1.54) is 0 Å². The van der Waals surface area contributed by atoms with Crippen LogP contribution < -0.4 is 10.6 Å². The predicted octanol–water partition coefficient (Wildman–Crippen LogP) is 1.97. The molecular formula is C23H30N2O5. The number of hydrogen-bond donors (Lipinski definition) is 5. The second kappa shape index (κ2) is 10.5. The van der Waals surface area contributed by atoms with Gasteiger partial charge in [-0.2, -0.15) is 0 Å². The van der Waals surface area contributed by atoms with Crippen molar-refractivity contribution < 1.29 is 24.9 Å². The number of nitrogens with one attached hydrogen (secondary N) is 2. The van der Waals surface area contributed by atoms with Crippen molar-refractivity contribution in [2.75, 3.05) is 19.6 Å². The Hall–Kier alpha value is -2.45. The molecule has 30 heavy (non-hydrogen) atoms. The number of ether oxygens (including phenoxy) is 1. The quantitative estimate of drug-likeness (QED) is 0.452. The van der Waals surface area contributed by atoms with Crippen LogP contribution in [0.5, 0.6) is 0 Å². The van der Waals surface area contributed by atoms with Crippen molar-refractivity contribution in [1.82, 2.24) is 10.6 Å². The molecule has 0 aromatic heterocycles. The number of benzene rings is 2. The van der Waals surface area contributed by atoms with Crippen molar-refractivity contribution in [3.05, 3.63) is 71.3 Å². The van der Waals surface area contributed by atoms with Crippen LogP contribution in [0, 0.1) is 0 Å². The maximum Gasteiger partial charge on any atom is 0.407 e. The van der Waals surface area contributed by atoms with Crippen molar-refractivity contribution in [3.8, 4) is 0 Å². The summed E-state index contributed by atoms with van der Waals surface area (Å²) in [5.74, 6) is 0. The first-order valence-corrected chi connectivity index (χ1v) is 10.3. The van der Waals surface area contributed by atoms with Gasteiger partial charge in [0.05, 0.1) is 11.7 Å². The van der Waals surface area contributed by atoms with Crippen LogP contribution in [0.25, 0.3) is 0 Å². The summed E-state index contributed by atoms with van der Waals surface area (Å²) in [6.45, 7) is 1.88. The molecule has 162 valence electrons. The molecule has 1 fully saturated rings. The van der Waals surface area contributed by atoms with E-state index in [1.807, 2.05) is 30.3 Å². The van der Waals surface area contributed by atoms with Gasteiger partial charge in [-0.1, -0.05) is 54.6 Å². The molecule has 7 heteroatoms. The number of aliphatic hydroxyl groups is 3. The lowest BCUT2D eigenvalue weighted by Gasteiger charge is -2.33. The van der Waals surface area contributed by atoms with Crippen LogP contribution in [0.4, 0.5) is 4.79 Å². The normalized spacial score (nSPS) is 17.7. The summed E-state index contributed by atoms with van der Waals surface area (Å²) in [4.78, 5) is 11.8. The molecule has 1 aliphatic heterocycles. The fourth-order valence-corrected chi connectivity index (χ4v) is 3.60. The number of carbonyl (C=O) groups is 1. The molecule has 0 spiro atoms. The van der Waals surface area contributed by atoms with E-state index in [0.717, 1.165) is 24.2 Å². The van der Waals surface area contributed by atoms with Gasteiger partial charge in [-0.25, -0.2) is 4.79 Å². The molecule has 0 aliphatic carbocycles. The average Bonchev–Trinajstić information content (AvgIpc) is 2.78. The SMILES string of the molecule is O=C(NCCC(O)C(O)c1ccc(C2(O)CCNCC2)cc1)OCc1ccccc1. The Balaban J connectivity index is 1.42. The minimum atomic E-state index is -1.08. The Bertz CT molecular complexity index is 791. The topological polar surface area (TPSA) is 111 Å². The van der Waals surface area contributed by atoms with E-state index in [-0.39, 0.29) is 19.6 Å². The minimum Gasteiger partial charge on any atom is -0.445 e. The molecule has 3 rings (SSSR count). The van der Waals surface area contributed by atoms with Gasteiger partial charge in [0.15, 0.2) is 0 Å². The molecule has 0 saturated carbocycles. The number of amides is 1. The summed E-state index contributed by atoms with van der Waals surface area (Å²) >= 11 is 0. The molecule has 0 radical (unpaired) electrons. The van der Waals surface area contributed by atoms with Gasteiger partial charge < -0.3 is 30.7 Å². The molecule has 2 atom stereocenters. The Kier molecular flexibility index (Phi) is 7.81. The van der Waals surface area contributed by atoms with Crippen molar-refractivity contribution in [2.24, 2.45) is 0 Å². The van der Waals surface area contributed by atoms with Gasteiger partial charge in [-0.15, -0.1) is 0 Å². The Morgan fingerprint density at radius 1 is 1.07 bits per heavy atom. The fraction of sp³-hybridized carbons (Fsp3) is 0.435.